The van der Waals surface area contributed by atoms with E-state index in [0.717, 1.165) is 0 Å². The van der Waals surface area contributed by atoms with Gasteiger partial charge in [0.05, 0.1) is 0 Å². The summed E-state index contributed by atoms with van der Waals surface area (Å²) in [6.07, 6.45) is 12.3. The summed E-state index contributed by atoms with van der Waals surface area (Å²) in [5.74, 6) is 0. The van der Waals surface area contributed by atoms with E-state index in [9.17, 15) is 0 Å². The van der Waals surface area contributed by atoms with Crippen molar-refractivity contribution in [2.75, 3.05) is 20.1 Å². The molecule has 0 N–H and O–H groups in total. The molecular formula is C17H31N. The fourth-order valence-corrected chi connectivity index (χ4v) is 2.61. The van der Waals surface area contributed by atoms with Gasteiger partial charge < -0.3 is 4.90 Å². The minimum atomic E-state index is 0.382. The van der Waals surface area contributed by atoms with Crippen molar-refractivity contribution in [2.24, 2.45) is 5.41 Å². The molecule has 0 aromatic heterocycles. The summed E-state index contributed by atoms with van der Waals surface area (Å²) in [6.45, 7) is 14.7. The second kappa shape index (κ2) is 9.16. The first-order valence-electron chi connectivity index (χ1n) is 7.33. The van der Waals surface area contributed by atoms with Gasteiger partial charge in [-0.3, -0.25) is 0 Å². The van der Waals surface area contributed by atoms with Crippen molar-refractivity contribution >= 4 is 0 Å². The zero-order chi connectivity index (χ0) is 14.0. The molecule has 0 saturated carbocycles. The highest BCUT2D eigenvalue weighted by molar-refractivity contribution is 5.30. The third kappa shape index (κ3) is 4.45. The van der Waals surface area contributed by atoms with Crippen LogP contribution in [0.1, 0.15) is 47.0 Å². The summed E-state index contributed by atoms with van der Waals surface area (Å²) in [7, 11) is 2.21. The smallest absolute Gasteiger partial charge is 0.00133 e. The number of rotatable bonds is 4. The first-order valence-corrected chi connectivity index (χ1v) is 7.33. The molecule has 0 aromatic carbocycles. The SMILES string of the molecule is C=C/C=C(\C=C/C)C1(CC)CCN(C)CC1.CC. The fraction of sp³-hybridized carbons (Fsp3) is 0.647. The van der Waals surface area contributed by atoms with Crippen LogP contribution in [-0.4, -0.2) is 25.0 Å². The fourth-order valence-electron chi connectivity index (χ4n) is 2.61. The van der Waals surface area contributed by atoms with E-state index in [1.165, 1.54) is 37.9 Å². The van der Waals surface area contributed by atoms with Crippen molar-refractivity contribution in [3.05, 3.63) is 36.5 Å². The molecule has 0 amide bonds. The molecule has 0 spiro atoms. The average molecular weight is 249 g/mol. The number of piperidine rings is 1. The van der Waals surface area contributed by atoms with Crippen molar-refractivity contribution < 1.29 is 0 Å². The van der Waals surface area contributed by atoms with Gasteiger partial charge in [0.2, 0.25) is 0 Å². The lowest BCUT2D eigenvalue weighted by Gasteiger charge is -2.41. The maximum Gasteiger partial charge on any atom is -0.00133 e. The van der Waals surface area contributed by atoms with E-state index in [4.69, 9.17) is 0 Å². The highest BCUT2D eigenvalue weighted by Crippen LogP contribution is 2.42. The van der Waals surface area contributed by atoms with Crippen molar-refractivity contribution in [3.8, 4) is 0 Å². The molecule has 1 aliphatic heterocycles. The monoisotopic (exact) mass is 249 g/mol. The highest BCUT2D eigenvalue weighted by atomic mass is 15.1. The lowest BCUT2D eigenvalue weighted by Crippen LogP contribution is -2.38. The van der Waals surface area contributed by atoms with Gasteiger partial charge in [0.25, 0.3) is 0 Å². The number of allylic oxidation sites excluding steroid dienone is 5. The zero-order valence-corrected chi connectivity index (χ0v) is 13.0. The Labute approximate surface area is 114 Å². The van der Waals surface area contributed by atoms with Crippen LogP contribution < -0.4 is 0 Å². The topological polar surface area (TPSA) is 3.24 Å². The Bertz CT molecular complexity index is 278. The molecule has 1 heterocycles. The molecule has 0 aliphatic carbocycles. The second-order valence-corrected chi connectivity index (χ2v) is 4.79. The van der Waals surface area contributed by atoms with Gasteiger partial charge in [-0.2, -0.15) is 0 Å². The third-order valence-electron chi connectivity index (χ3n) is 3.88. The zero-order valence-electron chi connectivity index (χ0n) is 13.0. The lowest BCUT2D eigenvalue weighted by atomic mass is 9.70. The van der Waals surface area contributed by atoms with Crippen LogP contribution >= 0.6 is 0 Å². The van der Waals surface area contributed by atoms with Gasteiger partial charge in [-0.25, -0.2) is 0 Å². The maximum atomic E-state index is 3.84. The number of likely N-dealkylation sites (tertiary alicyclic amines) is 1. The standard InChI is InChI=1S/C15H25N.C2H6/c1-5-8-14(9-6-2)15(7-3)10-12-16(4)13-11-15;1-2/h5-6,8-9H,1,7,10-13H2,2-4H3;1-2H3/b9-6-,14-8+;. The quantitative estimate of drug-likeness (QED) is 0.645. The summed E-state index contributed by atoms with van der Waals surface area (Å²) in [5, 5.41) is 0. The molecule has 0 unspecified atom stereocenters. The largest absolute Gasteiger partial charge is 0.306 e. The van der Waals surface area contributed by atoms with E-state index < -0.39 is 0 Å². The molecule has 1 rings (SSSR count). The van der Waals surface area contributed by atoms with E-state index in [1.807, 2.05) is 19.9 Å². The second-order valence-electron chi connectivity index (χ2n) is 4.79. The molecule has 0 aromatic rings. The van der Waals surface area contributed by atoms with Crippen LogP contribution in [0.2, 0.25) is 0 Å². The van der Waals surface area contributed by atoms with Gasteiger partial charge in [0.1, 0.15) is 0 Å². The molecule has 0 atom stereocenters. The first kappa shape index (κ1) is 17.2. The van der Waals surface area contributed by atoms with Crippen molar-refractivity contribution in [1.82, 2.24) is 4.90 Å². The van der Waals surface area contributed by atoms with E-state index in [0.29, 0.717) is 5.41 Å². The molecule has 1 aliphatic rings. The summed E-state index contributed by atoms with van der Waals surface area (Å²) >= 11 is 0. The molecule has 0 bridgehead atoms. The summed E-state index contributed by atoms with van der Waals surface area (Å²) < 4.78 is 0. The van der Waals surface area contributed by atoms with Crippen LogP contribution in [-0.2, 0) is 0 Å². The number of hydrogen-bond donors (Lipinski definition) is 0. The van der Waals surface area contributed by atoms with Crippen molar-refractivity contribution in [1.29, 1.82) is 0 Å². The van der Waals surface area contributed by atoms with Crippen molar-refractivity contribution in [2.45, 2.75) is 47.0 Å². The average Bonchev–Trinajstić information content (AvgIpc) is 2.42. The van der Waals surface area contributed by atoms with Crippen LogP contribution in [0.15, 0.2) is 36.5 Å². The lowest BCUT2D eigenvalue weighted by molar-refractivity contribution is 0.153. The molecule has 0 radical (unpaired) electrons. The van der Waals surface area contributed by atoms with E-state index in [2.05, 4.69) is 50.6 Å². The molecule has 1 heteroatoms. The van der Waals surface area contributed by atoms with Crippen LogP contribution in [0, 0.1) is 5.41 Å². The Morgan fingerprint density at radius 1 is 1.28 bits per heavy atom. The third-order valence-corrected chi connectivity index (χ3v) is 3.88. The van der Waals surface area contributed by atoms with Crippen LogP contribution in [0.25, 0.3) is 0 Å². The Morgan fingerprint density at radius 2 is 1.83 bits per heavy atom. The summed E-state index contributed by atoms with van der Waals surface area (Å²) in [4.78, 5) is 2.43. The number of hydrogen-bond acceptors (Lipinski definition) is 1. The molecule has 1 saturated heterocycles. The van der Waals surface area contributed by atoms with Gasteiger partial charge in [-0.1, -0.05) is 51.7 Å². The Balaban J connectivity index is 0.00000137. The molecule has 104 valence electrons. The normalized spacial score (nSPS) is 20.4. The van der Waals surface area contributed by atoms with E-state index >= 15 is 0 Å². The molecular weight excluding hydrogens is 218 g/mol. The van der Waals surface area contributed by atoms with Gasteiger partial charge in [0.15, 0.2) is 0 Å². The Morgan fingerprint density at radius 3 is 2.22 bits per heavy atom. The van der Waals surface area contributed by atoms with Gasteiger partial charge in [0, 0.05) is 0 Å². The first-order chi connectivity index (χ1) is 8.68. The van der Waals surface area contributed by atoms with Crippen LogP contribution in [0.4, 0.5) is 0 Å². The van der Waals surface area contributed by atoms with Crippen LogP contribution in [0.5, 0.6) is 0 Å². The predicted octanol–water partition coefficient (Wildman–Crippen LogP) is 4.82. The Hall–Kier alpha value is -0.820. The van der Waals surface area contributed by atoms with E-state index in [1.54, 1.807) is 0 Å². The summed E-state index contributed by atoms with van der Waals surface area (Å²) in [6, 6.07) is 0. The van der Waals surface area contributed by atoms with Crippen molar-refractivity contribution in [3.63, 3.8) is 0 Å². The van der Waals surface area contributed by atoms with Gasteiger partial charge in [-0.15, -0.1) is 0 Å². The van der Waals surface area contributed by atoms with Gasteiger partial charge >= 0.3 is 0 Å². The van der Waals surface area contributed by atoms with Crippen LogP contribution in [0.3, 0.4) is 0 Å². The Kier molecular flexibility index (Phi) is 8.74. The summed E-state index contributed by atoms with van der Waals surface area (Å²) in [5.41, 5.74) is 1.84. The maximum absolute atomic E-state index is 3.84. The predicted molar refractivity (Wildman–Crippen MR) is 83.9 cm³/mol. The number of nitrogens with zero attached hydrogens (tertiary/aromatic N) is 1. The minimum Gasteiger partial charge on any atom is -0.306 e. The van der Waals surface area contributed by atoms with E-state index in [-0.39, 0.29) is 0 Å². The molecule has 18 heavy (non-hydrogen) atoms. The van der Waals surface area contributed by atoms with Gasteiger partial charge in [-0.05, 0) is 57.3 Å². The molecule has 1 fully saturated rings. The molecule has 1 nitrogen and oxygen atoms in total. The minimum absolute atomic E-state index is 0.382. The highest BCUT2D eigenvalue weighted by Gasteiger charge is 2.33.